The van der Waals surface area contributed by atoms with Gasteiger partial charge in [0.1, 0.15) is 11.5 Å². The Morgan fingerprint density at radius 1 is 0.750 bits per heavy atom. The molecule has 0 unspecified atom stereocenters. The molecule has 24 heavy (non-hydrogen) atoms. The van der Waals surface area contributed by atoms with Crippen molar-refractivity contribution in [1.82, 2.24) is 21.3 Å². The number of hydrogen-bond donors (Lipinski definition) is 4. The quantitative estimate of drug-likeness (QED) is 0.398. The van der Waals surface area contributed by atoms with Crippen molar-refractivity contribution < 1.29 is 8.83 Å². The molecule has 2 rings (SSSR count). The molecule has 4 N–H and O–H groups in total. The summed E-state index contributed by atoms with van der Waals surface area (Å²) in [6.07, 6.45) is 5.29. The molecule has 8 heteroatoms. The van der Waals surface area contributed by atoms with Crippen LogP contribution in [-0.4, -0.2) is 23.3 Å². The zero-order valence-electron chi connectivity index (χ0n) is 13.3. The highest BCUT2D eigenvalue weighted by atomic mass is 32.1. The van der Waals surface area contributed by atoms with E-state index in [0.717, 1.165) is 37.5 Å². The van der Waals surface area contributed by atoms with Gasteiger partial charge >= 0.3 is 0 Å². The lowest BCUT2D eigenvalue weighted by atomic mass is 10.3. The number of nitrogens with one attached hydrogen (secondary N) is 4. The van der Waals surface area contributed by atoms with E-state index >= 15 is 0 Å². The minimum absolute atomic E-state index is 0.593. The molecule has 0 aromatic carbocycles. The maximum atomic E-state index is 5.23. The van der Waals surface area contributed by atoms with Gasteiger partial charge in [0.25, 0.3) is 0 Å². The van der Waals surface area contributed by atoms with Crippen LogP contribution in [0.5, 0.6) is 0 Å². The Hall–Kier alpha value is -2.06. The standard InChI is InChI=1S/C16H22N4O2S2/c23-15(19-11-13-5-3-9-21-13)17-7-1-2-8-18-16(24)20-12-14-6-4-10-22-14/h3-6,9-10H,1-2,7-8,11-12H2,(H2,17,19,23)(H2,18,20,24). The Labute approximate surface area is 152 Å². The average Bonchev–Trinajstić information content (AvgIpc) is 3.27. The van der Waals surface area contributed by atoms with Crippen molar-refractivity contribution in [3.05, 3.63) is 48.3 Å². The maximum absolute atomic E-state index is 5.23. The summed E-state index contributed by atoms with van der Waals surface area (Å²) in [5.74, 6) is 1.72. The fraction of sp³-hybridized carbons (Fsp3) is 0.375. The number of rotatable bonds is 9. The predicted molar refractivity (Wildman–Crippen MR) is 102 cm³/mol. The molecule has 0 saturated heterocycles. The highest BCUT2D eigenvalue weighted by molar-refractivity contribution is 7.80. The highest BCUT2D eigenvalue weighted by Crippen LogP contribution is 1.99. The van der Waals surface area contributed by atoms with E-state index in [1.807, 2.05) is 24.3 Å². The molecule has 0 fully saturated rings. The van der Waals surface area contributed by atoms with E-state index in [9.17, 15) is 0 Å². The van der Waals surface area contributed by atoms with Crippen molar-refractivity contribution in [2.24, 2.45) is 0 Å². The number of furan rings is 2. The van der Waals surface area contributed by atoms with Crippen LogP contribution in [0.25, 0.3) is 0 Å². The highest BCUT2D eigenvalue weighted by Gasteiger charge is 1.99. The summed E-state index contributed by atoms with van der Waals surface area (Å²) < 4.78 is 10.5. The minimum Gasteiger partial charge on any atom is -0.467 e. The minimum atomic E-state index is 0.593. The Morgan fingerprint density at radius 3 is 1.58 bits per heavy atom. The first-order valence-electron chi connectivity index (χ1n) is 7.82. The molecule has 0 aliphatic heterocycles. The van der Waals surface area contributed by atoms with Crippen molar-refractivity contribution in [1.29, 1.82) is 0 Å². The second-order valence-electron chi connectivity index (χ2n) is 5.08. The van der Waals surface area contributed by atoms with Crippen LogP contribution < -0.4 is 21.3 Å². The van der Waals surface area contributed by atoms with E-state index in [1.54, 1.807) is 12.5 Å². The van der Waals surface area contributed by atoms with Crippen LogP contribution >= 0.6 is 24.4 Å². The first-order chi connectivity index (χ1) is 11.7. The van der Waals surface area contributed by atoms with E-state index in [4.69, 9.17) is 33.3 Å². The van der Waals surface area contributed by atoms with Gasteiger partial charge in [-0.1, -0.05) is 0 Å². The van der Waals surface area contributed by atoms with Crippen LogP contribution in [-0.2, 0) is 13.1 Å². The van der Waals surface area contributed by atoms with Gasteiger partial charge in [-0.25, -0.2) is 0 Å². The van der Waals surface area contributed by atoms with Crippen molar-refractivity contribution in [2.45, 2.75) is 25.9 Å². The molecule has 2 aromatic heterocycles. The van der Waals surface area contributed by atoms with Gasteiger partial charge in [-0.05, 0) is 61.5 Å². The second-order valence-corrected chi connectivity index (χ2v) is 5.90. The number of thiocarbonyl (C=S) groups is 2. The average molecular weight is 367 g/mol. The number of hydrogen-bond acceptors (Lipinski definition) is 4. The van der Waals surface area contributed by atoms with Crippen LogP contribution in [0, 0.1) is 0 Å². The largest absolute Gasteiger partial charge is 0.467 e. The summed E-state index contributed by atoms with van der Waals surface area (Å²) in [6, 6.07) is 7.52. The molecular formula is C16H22N4O2S2. The molecule has 6 nitrogen and oxygen atoms in total. The van der Waals surface area contributed by atoms with Gasteiger partial charge in [-0.15, -0.1) is 0 Å². The first kappa shape index (κ1) is 18.3. The first-order valence-corrected chi connectivity index (χ1v) is 8.64. The number of unbranched alkanes of at least 4 members (excludes halogenated alkanes) is 1. The fourth-order valence-corrected chi connectivity index (χ4v) is 2.29. The molecule has 2 aromatic rings. The van der Waals surface area contributed by atoms with E-state index < -0.39 is 0 Å². The summed E-state index contributed by atoms with van der Waals surface area (Å²) in [5, 5.41) is 13.8. The molecule has 0 aliphatic rings. The lowest BCUT2D eigenvalue weighted by Gasteiger charge is -2.11. The SMILES string of the molecule is S=C(NCCCCNC(=S)NCc1ccco1)NCc1ccco1. The molecule has 0 atom stereocenters. The molecule has 2 heterocycles. The molecular weight excluding hydrogens is 344 g/mol. The van der Waals surface area contributed by atoms with Gasteiger partial charge in [0.2, 0.25) is 0 Å². The molecule has 0 aliphatic carbocycles. The Balaban J connectivity index is 1.42. The zero-order valence-corrected chi connectivity index (χ0v) is 15.0. The monoisotopic (exact) mass is 366 g/mol. The Morgan fingerprint density at radius 2 is 1.21 bits per heavy atom. The van der Waals surface area contributed by atoms with Crippen molar-refractivity contribution in [2.75, 3.05) is 13.1 Å². The lowest BCUT2D eigenvalue weighted by Crippen LogP contribution is -2.36. The van der Waals surface area contributed by atoms with E-state index in [1.165, 1.54) is 0 Å². The molecule has 0 amide bonds. The van der Waals surface area contributed by atoms with E-state index in [0.29, 0.717) is 23.3 Å². The third-order valence-electron chi connectivity index (χ3n) is 3.18. The van der Waals surface area contributed by atoms with Gasteiger partial charge in [-0.2, -0.15) is 0 Å². The van der Waals surface area contributed by atoms with Crippen LogP contribution in [0.4, 0.5) is 0 Å². The third kappa shape index (κ3) is 7.47. The normalized spacial score (nSPS) is 10.2. The molecule has 130 valence electrons. The zero-order chi connectivity index (χ0) is 17.0. The van der Waals surface area contributed by atoms with Crippen molar-refractivity contribution in [3.8, 4) is 0 Å². The van der Waals surface area contributed by atoms with Crippen LogP contribution in [0.1, 0.15) is 24.4 Å². The van der Waals surface area contributed by atoms with E-state index in [-0.39, 0.29) is 0 Å². The molecule has 0 radical (unpaired) electrons. The summed E-state index contributed by atoms with van der Waals surface area (Å²) >= 11 is 10.4. The summed E-state index contributed by atoms with van der Waals surface area (Å²) in [6.45, 7) is 2.82. The second kappa shape index (κ2) is 10.7. The maximum Gasteiger partial charge on any atom is 0.166 e. The smallest absolute Gasteiger partial charge is 0.166 e. The van der Waals surface area contributed by atoms with Gasteiger partial charge < -0.3 is 30.1 Å². The third-order valence-corrected chi connectivity index (χ3v) is 3.76. The van der Waals surface area contributed by atoms with Gasteiger partial charge in [-0.3, -0.25) is 0 Å². The summed E-state index contributed by atoms with van der Waals surface area (Å²) in [5.41, 5.74) is 0. The van der Waals surface area contributed by atoms with Gasteiger partial charge in [0.05, 0.1) is 25.6 Å². The Bertz CT molecular complexity index is 545. The summed E-state index contributed by atoms with van der Waals surface area (Å²) in [7, 11) is 0. The van der Waals surface area contributed by atoms with Gasteiger partial charge in [0.15, 0.2) is 10.2 Å². The topological polar surface area (TPSA) is 74.4 Å². The molecule has 0 spiro atoms. The van der Waals surface area contributed by atoms with Crippen LogP contribution in [0.2, 0.25) is 0 Å². The van der Waals surface area contributed by atoms with Crippen LogP contribution in [0.15, 0.2) is 45.6 Å². The fourth-order valence-electron chi connectivity index (χ4n) is 1.94. The lowest BCUT2D eigenvalue weighted by molar-refractivity contribution is 0.501. The summed E-state index contributed by atoms with van der Waals surface area (Å²) in [4.78, 5) is 0. The molecule has 0 bridgehead atoms. The molecule has 0 saturated carbocycles. The predicted octanol–water partition coefficient (Wildman–Crippen LogP) is 2.28. The van der Waals surface area contributed by atoms with Crippen molar-refractivity contribution >= 4 is 34.7 Å². The van der Waals surface area contributed by atoms with Crippen LogP contribution in [0.3, 0.4) is 0 Å². The Kier molecular flexibility index (Phi) is 8.12. The van der Waals surface area contributed by atoms with Gasteiger partial charge in [0, 0.05) is 13.1 Å². The van der Waals surface area contributed by atoms with Crippen molar-refractivity contribution in [3.63, 3.8) is 0 Å². The van der Waals surface area contributed by atoms with E-state index in [2.05, 4.69) is 21.3 Å².